The van der Waals surface area contributed by atoms with Gasteiger partial charge in [0.15, 0.2) is 0 Å². The van der Waals surface area contributed by atoms with Crippen LogP contribution < -0.4 is 0 Å². The molecule has 0 radical (unpaired) electrons. The van der Waals surface area contributed by atoms with E-state index in [9.17, 15) is 4.79 Å². The van der Waals surface area contributed by atoms with Crippen molar-refractivity contribution in [2.75, 3.05) is 13.1 Å². The van der Waals surface area contributed by atoms with Crippen molar-refractivity contribution in [3.05, 3.63) is 52.8 Å². The highest BCUT2D eigenvalue weighted by Crippen LogP contribution is 2.44. The summed E-state index contributed by atoms with van der Waals surface area (Å²) < 4.78 is 6.14. The molecule has 1 saturated heterocycles. The van der Waals surface area contributed by atoms with E-state index in [1.807, 2.05) is 11.0 Å². The van der Waals surface area contributed by atoms with Crippen molar-refractivity contribution in [2.45, 2.75) is 37.4 Å². The van der Waals surface area contributed by atoms with Crippen LogP contribution in [-0.4, -0.2) is 34.1 Å². The summed E-state index contributed by atoms with van der Waals surface area (Å²) in [7, 11) is 0. The molecule has 118 valence electrons. The molecule has 2 aliphatic heterocycles. The van der Waals surface area contributed by atoms with Crippen LogP contribution in [0, 0.1) is 0 Å². The lowest BCUT2D eigenvalue weighted by atomic mass is 9.92. The minimum absolute atomic E-state index is 0.0884. The quantitative estimate of drug-likeness (QED) is 0.927. The Labute approximate surface area is 134 Å². The number of rotatable bonds is 2. The Morgan fingerprint density at radius 1 is 1.35 bits per heavy atom. The number of ether oxygens (including phenoxy) is 1. The standard InChI is InChI=1S/C18H19N3O2/c22-17(14-9-19-20-16(14)12-5-6-12)21-8-7-18(11-21)15-4-2-1-3-13(15)10-23-18/h1-4,9,12H,5-8,10-11H2,(H,19,20). The molecule has 1 amide bonds. The topological polar surface area (TPSA) is 58.2 Å². The fourth-order valence-electron chi connectivity index (χ4n) is 4.00. The first kappa shape index (κ1) is 13.3. The Balaban J connectivity index is 1.42. The van der Waals surface area contributed by atoms with E-state index in [1.165, 1.54) is 11.1 Å². The normalized spacial score (nSPS) is 26.0. The highest BCUT2D eigenvalue weighted by atomic mass is 16.5. The average molecular weight is 309 g/mol. The van der Waals surface area contributed by atoms with Crippen LogP contribution in [0.15, 0.2) is 30.5 Å². The molecule has 3 heterocycles. The average Bonchev–Trinajstić information content (AvgIpc) is 3.03. The molecule has 1 aromatic carbocycles. The van der Waals surface area contributed by atoms with Gasteiger partial charge in [-0.2, -0.15) is 5.10 Å². The van der Waals surface area contributed by atoms with Crippen LogP contribution in [0.3, 0.4) is 0 Å². The first-order chi connectivity index (χ1) is 11.3. The Morgan fingerprint density at radius 3 is 3.09 bits per heavy atom. The molecule has 1 saturated carbocycles. The number of carbonyl (C=O) groups is 1. The van der Waals surface area contributed by atoms with Crippen LogP contribution in [0.1, 0.15) is 52.4 Å². The first-order valence-corrected chi connectivity index (χ1v) is 8.32. The maximum absolute atomic E-state index is 12.9. The van der Waals surface area contributed by atoms with Crippen molar-refractivity contribution in [3.63, 3.8) is 0 Å². The number of amides is 1. The van der Waals surface area contributed by atoms with Crippen molar-refractivity contribution in [2.24, 2.45) is 0 Å². The third-order valence-electron chi connectivity index (χ3n) is 5.42. The number of carbonyl (C=O) groups excluding carboxylic acids is 1. The summed E-state index contributed by atoms with van der Waals surface area (Å²) in [4.78, 5) is 14.9. The number of nitrogens with one attached hydrogen (secondary N) is 1. The molecule has 1 unspecified atom stereocenters. The predicted octanol–water partition coefficient (Wildman–Crippen LogP) is 2.56. The van der Waals surface area contributed by atoms with Gasteiger partial charge in [0.2, 0.25) is 0 Å². The molecule has 3 aliphatic rings. The van der Waals surface area contributed by atoms with Gasteiger partial charge in [0, 0.05) is 12.5 Å². The summed E-state index contributed by atoms with van der Waals surface area (Å²) in [6, 6.07) is 8.37. The number of aromatic amines is 1. The second-order valence-electron chi connectivity index (χ2n) is 6.89. The second-order valence-corrected chi connectivity index (χ2v) is 6.89. The van der Waals surface area contributed by atoms with E-state index >= 15 is 0 Å². The maximum Gasteiger partial charge on any atom is 0.257 e. The summed E-state index contributed by atoms with van der Waals surface area (Å²) in [5.41, 5.74) is 3.96. The molecule has 1 aromatic heterocycles. The predicted molar refractivity (Wildman–Crippen MR) is 84.0 cm³/mol. The van der Waals surface area contributed by atoms with Gasteiger partial charge in [-0.1, -0.05) is 24.3 Å². The summed E-state index contributed by atoms with van der Waals surface area (Å²) in [6.07, 6.45) is 4.86. The number of aromatic nitrogens is 2. The van der Waals surface area contributed by atoms with Crippen LogP contribution in [0.2, 0.25) is 0 Å². The highest BCUT2D eigenvalue weighted by molar-refractivity contribution is 5.95. The lowest BCUT2D eigenvalue weighted by molar-refractivity contribution is -0.0283. The number of likely N-dealkylation sites (tertiary alicyclic amines) is 1. The van der Waals surface area contributed by atoms with Gasteiger partial charge in [0.05, 0.1) is 30.6 Å². The van der Waals surface area contributed by atoms with Crippen LogP contribution in [-0.2, 0) is 16.9 Å². The van der Waals surface area contributed by atoms with E-state index in [-0.39, 0.29) is 11.5 Å². The molecule has 5 heteroatoms. The molecule has 0 bridgehead atoms. The molecule has 5 nitrogen and oxygen atoms in total. The number of nitrogens with zero attached hydrogens (tertiary/aromatic N) is 2. The van der Waals surface area contributed by atoms with Crippen LogP contribution in [0.4, 0.5) is 0 Å². The van der Waals surface area contributed by atoms with E-state index in [4.69, 9.17) is 4.74 Å². The number of benzene rings is 1. The number of hydrogen-bond acceptors (Lipinski definition) is 3. The van der Waals surface area contributed by atoms with Crippen molar-refractivity contribution in [1.29, 1.82) is 0 Å². The van der Waals surface area contributed by atoms with Crippen molar-refractivity contribution < 1.29 is 9.53 Å². The van der Waals surface area contributed by atoms with Gasteiger partial charge in [-0.3, -0.25) is 9.89 Å². The minimum Gasteiger partial charge on any atom is -0.364 e. The van der Waals surface area contributed by atoms with Crippen LogP contribution in [0.25, 0.3) is 0 Å². The summed E-state index contributed by atoms with van der Waals surface area (Å²) in [5, 5.41) is 7.12. The first-order valence-electron chi connectivity index (χ1n) is 8.32. The number of H-pyrrole nitrogens is 1. The van der Waals surface area contributed by atoms with Crippen LogP contribution >= 0.6 is 0 Å². The molecule has 1 atom stereocenters. The largest absolute Gasteiger partial charge is 0.364 e. The Kier molecular flexibility index (Phi) is 2.71. The molecule has 5 rings (SSSR count). The fraction of sp³-hybridized carbons (Fsp3) is 0.444. The van der Waals surface area contributed by atoms with Gasteiger partial charge < -0.3 is 9.64 Å². The smallest absolute Gasteiger partial charge is 0.257 e. The molecule has 23 heavy (non-hydrogen) atoms. The molecule has 1 N–H and O–H groups in total. The van der Waals surface area contributed by atoms with Gasteiger partial charge in [-0.05, 0) is 30.4 Å². The van der Waals surface area contributed by atoms with E-state index in [1.54, 1.807) is 6.20 Å². The van der Waals surface area contributed by atoms with Gasteiger partial charge in [-0.15, -0.1) is 0 Å². The fourth-order valence-corrected chi connectivity index (χ4v) is 4.00. The Hall–Kier alpha value is -2.14. The molecule has 2 aromatic rings. The molecule has 2 fully saturated rings. The molecule has 1 aliphatic carbocycles. The van der Waals surface area contributed by atoms with Gasteiger partial charge in [0.25, 0.3) is 5.91 Å². The Morgan fingerprint density at radius 2 is 2.22 bits per heavy atom. The van der Waals surface area contributed by atoms with Gasteiger partial charge >= 0.3 is 0 Å². The van der Waals surface area contributed by atoms with Gasteiger partial charge in [0.1, 0.15) is 5.60 Å². The van der Waals surface area contributed by atoms with Crippen LogP contribution in [0.5, 0.6) is 0 Å². The van der Waals surface area contributed by atoms with E-state index in [0.29, 0.717) is 19.1 Å². The Bertz CT molecular complexity index is 780. The zero-order valence-corrected chi connectivity index (χ0v) is 12.9. The zero-order valence-electron chi connectivity index (χ0n) is 12.9. The third kappa shape index (κ3) is 1.96. The van der Waals surface area contributed by atoms with E-state index < -0.39 is 0 Å². The third-order valence-corrected chi connectivity index (χ3v) is 5.42. The summed E-state index contributed by atoms with van der Waals surface area (Å²) >= 11 is 0. The van der Waals surface area contributed by atoms with Crippen molar-refractivity contribution >= 4 is 5.91 Å². The number of fused-ring (bicyclic) bond motifs is 2. The highest BCUT2D eigenvalue weighted by Gasteiger charge is 2.47. The van der Waals surface area contributed by atoms with E-state index in [2.05, 4.69) is 28.4 Å². The molecule has 1 spiro atoms. The lowest BCUT2D eigenvalue weighted by Gasteiger charge is -2.24. The zero-order chi connectivity index (χ0) is 15.4. The van der Waals surface area contributed by atoms with Gasteiger partial charge in [-0.25, -0.2) is 0 Å². The molecular formula is C18H19N3O2. The van der Waals surface area contributed by atoms with Crippen molar-refractivity contribution in [3.8, 4) is 0 Å². The summed E-state index contributed by atoms with van der Waals surface area (Å²) in [5.74, 6) is 0.585. The number of hydrogen-bond donors (Lipinski definition) is 1. The maximum atomic E-state index is 12.9. The monoisotopic (exact) mass is 309 g/mol. The molecular weight excluding hydrogens is 290 g/mol. The van der Waals surface area contributed by atoms with E-state index in [0.717, 1.165) is 37.1 Å². The second kappa shape index (κ2) is 4.68. The minimum atomic E-state index is -0.310. The summed E-state index contributed by atoms with van der Waals surface area (Å²) in [6.45, 7) is 2.03. The SMILES string of the molecule is O=C(c1cn[nH]c1C1CC1)N1CCC2(C1)OCc1ccccc12. The lowest BCUT2D eigenvalue weighted by Crippen LogP contribution is -2.34. The van der Waals surface area contributed by atoms with Crippen molar-refractivity contribution in [1.82, 2.24) is 15.1 Å².